The minimum atomic E-state index is 0.762. The van der Waals surface area contributed by atoms with Crippen LogP contribution in [0.4, 0.5) is 0 Å². The fourth-order valence-electron chi connectivity index (χ4n) is 4.13. The number of likely N-dealkylation sites (tertiary alicyclic amines) is 2. The summed E-state index contributed by atoms with van der Waals surface area (Å²) in [6.45, 7) is 7.78. The average molecular weight is 263 g/mol. The van der Waals surface area contributed by atoms with E-state index >= 15 is 0 Å². The lowest BCUT2D eigenvalue weighted by atomic mass is 10.0. The van der Waals surface area contributed by atoms with Crippen molar-refractivity contribution in [3.63, 3.8) is 0 Å². The van der Waals surface area contributed by atoms with Crippen molar-refractivity contribution in [1.29, 1.82) is 0 Å². The summed E-state index contributed by atoms with van der Waals surface area (Å²) in [7, 11) is 0. The van der Waals surface area contributed by atoms with E-state index in [-0.39, 0.29) is 0 Å². The summed E-state index contributed by atoms with van der Waals surface area (Å²) in [5.41, 5.74) is 0. The molecule has 2 heterocycles. The van der Waals surface area contributed by atoms with E-state index in [1.807, 2.05) is 0 Å². The van der Waals surface area contributed by atoms with Crippen molar-refractivity contribution in [2.75, 3.05) is 26.2 Å². The Balaban J connectivity index is 1.25. The highest BCUT2D eigenvalue weighted by Crippen LogP contribution is 2.33. The van der Waals surface area contributed by atoms with Gasteiger partial charge < -0.3 is 10.2 Å². The molecule has 4 fully saturated rings. The third-order valence-electron chi connectivity index (χ3n) is 5.75. The van der Waals surface area contributed by atoms with Gasteiger partial charge in [0.25, 0.3) is 0 Å². The molecule has 3 nitrogen and oxygen atoms in total. The molecule has 0 amide bonds. The summed E-state index contributed by atoms with van der Waals surface area (Å²) in [6, 6.07) is 3.47. The van der Waals surface area contributed by atoms with Crippen molar-refractivity contribution in [1.82, 2.24) is 15.1 Å². The molecule has 4 rings (SSSR count). The van der Waals surface area contributed by atoms with Crippen molar-refractivity contribution in [2.45, 2.75) is 69.6 Å². The molecule has 0 bridgehead atoms. The first-order valence-corrected chi connectivity index (χ1v) is 8.54. The van der Waals surface area contributed by atoms with E-state index in [2.05, 4.69) is 22.0 Å². The van der Waals surface area contributed by atoms with Gasteiger partial charge in [0.2, 0.25) is 0 Å². The Kier molecular flexibility index (Phi) is 3.33. The largest absolute Gasteiger partial charge is 0.310 e. The maximum atomic E-state index is 3.99. The number of nitrogens with zero attached hydrogens (tertiary/aromatic N) is 2. The fourth-order valence-corrected chi connectivity index (χ4v) is 4.13. The van der Waals surface area contributed by atoms with Crippen LogP contribution in [0.5, 0.6) is 0 Å². The lowest BCUT2D eigenvalue weighted by molar-refractivity contribution is 0.179. The normalized spacial score (nSPS) is 39.0. The summed E-state index contributed by atoms with van der Waals surface area (Å²) >= 11 is 0. The number of hydrogen-bond acceptors (Lipinski definition) is 3. The smallest absolute Gasteiger partial charge is 0.0235 e. The Morgan fingerprint density at radius 1 is 0.789 bits per heavy atom. The predicted octanol–water partition coefficient (Wildman–Crippen LogP) is 1.69. The number of hydrogen-bond donors (Lipinski definition) is 1. The fraction of sp³-hybridized carbons (Fsp3) is 1.00. The van der Waals surface area contributed by atoms with Crippen molar-refractivity contribution in [2.24, 2.45) is 5.92 Å². The molecule has 108 valence electrons. The maximum Gasteiger partial charge on any atom is 0.0235 e. The first-order valence-electron chi connectivity index (χ1n) is 8.54. The van der Waals surface area contributed by atoms with Crippen molar-refractivity contribution < 1.29 is 0 Å². The summed E-state index contributed by atoms with van der Waals surface area (Å²) in [4.78, 5) is 5.47. The molecule has 3 heteroatoms. The number of nitrogens with one attached hydrogen (secondary N) is 1. The van der Waals surface area contributed by atoms with E-state index < -0.39 is 0 Å². The maximum absolute atomic E-state index is 3.99. The Morgan fingerprint density at radius 2 is 1.42 bits per heavy atom. The van der Waals surface area contributed by atoms with Gasteiger partial charge in [0.15, 0.2) is 0 Å². The van der Waals surface area contributed by atoms with Crippen LogP contribution in [0.2, 0.25) is 0 Å². The highest BCUT2D eigenvalue weighted by molar-refractivity contribution is 4.97. The van der Waals surface area contributed by atoms with Crippen molar-refractivity contribution in [3.8, 4) is 0 Å². The van der Waals surface area contributed by atoms with Gasteiger partial charge in [-0.15, -0.1) is 0 Å². The third-order valence-corrected chi connectivity index (χ3v) is 5.75. The van der Waals surface area contributed by atoms with E-state index in [1.54, 1.807) is 0 Å². The summed E-state index contributed by atoms with van der Waals surface area (Å²) in [6.07, 6.45) is 8.60. The minimum Gasteiger partial charge on any atom is -0.310 e. The standard InChI is InChI=1S/C16H29N3/c1-12-10-19(15-4-5-15)11-16(12)17-13-6-8-18(9-7-13)14-2-3-14/h12-17H,2-11H2,1H3. The monoisotopic (exact) mass is 263 g/mol. The van der Waals surface area contributed by atoms with Gasteiger partial charge in [-0.25, -0.2) is 0 Å². The Bertz CT molecular complexity index is 316. The van der Waals surface area contributed by atoms with Crippen LogP contribution in [0.25, 0.3) is 0 Å². The molecule has 2 unspecified atom stereocenters. The molecular formula is C16H29N3. The number of rotatable bonds is 4. The van der Waals surface area contributed by atoms with E-state index in [0.29, 0.717) is 0 Å². The SMILES string of the molecule is CC1CN(C2CC2)CC1NC1CCN(C2CC2)CC1. The molecule has 2 saturated carbocycles. The average Bonchev–Trinajstić information content (AvgIpc) is 3.30. The lowest BCUT2D eigenvalue weighted by Gasteiger charge is -2.34. The zero-order valence-electron chi connectivity index (χ0n) is 12.4. The molecule has 0 radical (unpaired) electrons. The van der Waals surface area contributed by atoms with Crippen LogP contribution in [-0.2, 0) is 0 Å². The molecule has 2 saturated heterocycles. The molecule has 0 aromatic carbocycles. The molecule has 1 N–H and O–H groups in total. The van der Waals surface area contributed by atoms with Gasteiger partial charge in [0.05, 0.1) is 0 Å². The quantitative estimate of drug-likeness (QED) is 0.832. The zero-order valence-corrected chi connectivity index (χ0v) is 12.4. The van der Waals surface area contributed by atoms with Crippen LogP contribution >= 0.6 is 0 Å². The van der Waals surface area contributed by atoms with Crippen LogP contribution in [-0.4, -0.2) is 60.1 Å². The molecular weight excluding hydrogens is 234 g/mol. The predicted molar refractivity (Wildman–Crippen MR) is 78.3 cm³/mol. The van der Waals surface area contributed by atoms with Crippen molar-refractivity contribution in [3.05, 3.63) is 0 Å². The first kappa shape index (κ1) is 12.6. The topological polar surface area (TPSA) is 18.5 Å². The van der Waals surface area contributed by atoms with Gasteiger partial charge >= 0.3 is 0 Å². The van der Waals surface area contributed by atoms with Gasteiger partial charge in [-0.05, 0) is 57.5 Å². The van der Waals surface area contributed by atoms with Gasteiger partial charge in [0, 0.05) is 37.3 Å². The lowest BCUT2D eigenvalue weighted by Crippen LogP contribution is -2.48. The molecule has 0 spiro atoms. The minimum absolute atomic E-state index is 0.762. The van der Waals surface area contributed by atoms with Crippen LogP contribution in [0.1, 0.15) is 45.4 Å². The van der Waals surface area contributed by atoms with Gasteiger partial charge in [-0.1, -0.05) is 6.92 Å². The van der Waals surface area contributed by atoms with Crippen LogP contribution in [0.15, 0.2) is 0 Å². The van der Waals surface area contributed by atoms with E-state index in [0.717, 1.165) is 30.1 Å². The third kappa shape index (κ3) is 2.84. The highest BCUT2D eigenvalue weighted by atomic mass is 15.2. The van der Waals surface area contributed by atoms with Gasteiger partial charge in [0.1, 0.15) is 0 Å². The second kappa shape index (κ2) is 5.01. The van der Waals surface area contributed by atoms with Crippen LogP contribution in [0, 0.1) is 5.92 Å². The van der Waals surface area contributed by atoms with Crippen LogP contribution in [0.3, 0.4) is 0 Å². The summed E-state index contributed by atoms with van der Waals surface area (Å²) in [5, 5.41) is 3.99. The second-order valence-corrected chi connectivity index (χ2v) is 7.48. The highest BCUT2D eigenvalue weighted by Gasteiger charge is 2.39. The molecule has 2 aliphatic heterocycles. The molecule has 0 aromatic heterocycles. The van der Waals surface area contributed by atoms with Crippen LogP contribution < -0.4 is 5.32 Å². The molecule has 19 heavy (non-hydrogen) atoms. The van der Waals surface area contributed by atoms with Crippen molar-refractivity contribution >= 4 is 0 Å². The Hall–Kier alpha value is -0.120. The Morgan fingerprint density at radius 3 is 2.05 bits per heavy atom. The molecule has 2 atom stereocenters. The molecule has 2 aliphatic carbocycles. The Labute approximate surface area is 117 Å². The molecule has 0 aromatic rings. The first-order chi connectivity index (χ1) is 9.29. The second-order valence-electron chi connectivity index (χ2n) is 7.48. The van der Waals surface area contributed by atoms with E-state index in [4.69, 9.17) is 0 Å². The van der Waals surface area contributed by atoms with Gasteiger partial charge in [-0.3, -0.25) is 4.90 Å². The van der Waals surface area contributed by atoms with E-state index in [1.165, 1.54) is 64.7 Å². The zero-order chi connectivity index (χ0) is 12.8. The van der Waals surface area contributed by atoms with Gasteiger partial charge in [-0.2, -0.15) is 0 Å². The summed E-state index contributed by atoms with van der Waals surface area (Å²) < 4.78 is 0. The molecule has 4 aliphatic rings. The van der Waals surface area contributed by atoms with E-state index in [9.17, 15) is 0 Å². The number of piperidine rings is 1. The summed E-state index contributed by atoms with van der Waals surface area (Å²) in [5.74, 6) is 0.849.